The van der Waals surface area contributed by atoms with Crippen LogP contribution in [0.3, 0.4) is 0 Å². The Morgan fingerprint density at radius 2 is 1.91 bits per heavy atom. The van der Waals surface area contributed by atoms with Crippen molar-refractivity contribution in [3.63, 3.8) is 0 Å². The van der Waals surface area contributed by atoms with Crippen molar-refractivity contribution >= 4 is 5.69 Å². The van der Waals surface area contributed by atoms with Gasteiger partial charge in [0.2, 0.25) is 0 Å². The molecule has 0 amide bonds. The molecule has 114 valence electrons. The highest BCUT2D eigenvalue weighted by atomic mass is 15.2. The van der Waals surface area contributed by atoms with Crippen molar-refractivity contribution < 1.29 is 0 Å². The van der Waals surface area contributed by atoms with Crippen LogP contribution in [0.4, 0.5) is 5.69 Å². The van der Waals surface area contributed by atoms with E-state index in [4.69, 9.17) is 4.98 Å². The third kappa shape index (κ3) is 2.59. The Kier molecular flexibility index (Phi) is 3.54. The predicted octanol–water partition coefficient (Wildman–Crippen LogP) is 2.74. The third-order valence-corrected chi connectivity index (χ3v) is 4.59. The maximum atomic E-state index is 4.97. The first-order valence-corrected chi connectivity index (χ1v) is 8.21. The number of benzene rings is 1. The molecule has 1 N–H and O–H groups in total. The molecular weight excluding hydrogens is 272 g/mol. The first-order chi connectivity index (χ1) is 10.8. The summed E-state index contributed by atoms with van der Waals surface area (Å²) in [4.78, 5) is 12.0. The first-order valence-electron chi connectivity index (χ1n) is 8.21. The molecule has 2 fully saturated rings. The molecule has 0 spiro atoms. The first kappa shape index (κ1) is 13.7. The maximum Gasteiger partial charge on any atom is 0.132 e. The van der Waals surface area contributed by atoms with Gasteiger partial charge in [0.05, 0.1) is 17.6 Å². The van der Waals surface area contributed by atoms with E-state index in [1.807, 2.05) is 6.20 Å². The summed E-state index contributed by atoms with van der Waals surface area (Å²) in [6, 6.07) is 8.53. The number of anilines is 1. The molecule has 0 radical (unpaired) electrons. The van der Waals surface area contributed by atoms with Gasteiger partial charge in [-0.15, -0.1) is 0 Å². The molecule has 1 aromatic heterocycles. The zero-order valence-electron chi connectivity index (χ0n) is 13.0. The van der Waals surface area contributed by atoms with E-state index in [-0.39, 0.29) is 0 Å². The third-order valence-electron chi connectivity index (χ3n) is 4.59. The van der Waals surface area contributed by atoms with E-state index in [0.29, 0.717) is 5.92 Å². The average molecular weight is 294 g/mol. The van der Waals surface area contributed by atoms with E-state index in [1.165, 1.54) is 29.7 Å². The summed E-state index contributed by atoms with van der Waals surface area (Å²) in [5.41, 5.74) is 4.80. The lowest BCUT2D eigenvalue weighted by atomic mass is 10.0. The Bertz CT molecular complexity index is 673. The number of hydrogen-bond donors (Lipinski definition) is 1. The molecule has 4 heteroatoms. The van der Waals surface area contributed by atoms with Crippen LogP contribution in [0, 0.1) is 6.92 Å². The van der Waals surface area contributed by atoms with E-state index in [2.05, 4.69) is 46.4 Å². The molecule has 22 heavy (non-hydrogen) atoms. The van der Waals surface area contributed by atoms with Gasteiger partial charge in [-0.3, -0.25) is 0 Å². The second-order valence-corrected chi connectivity index (χ2v) is 6.29. The molecule has 0 bridgehead atoms. The van der Waals surface area contributed by atoms with Gasteiger partial charge in [-0.1, -0.05) is 24.3 Å². The molecule has 4 rings (SSSR count). The van der Waals surface area contributed by atoms with Gasteiger partial charge >= 0.3 is 0 Å². The molecule has 1 aromatic carbocycles. The Balaban J connectivity index is 1.81. The summed E-state index contributed by atoms with van der Waals surface area (Å²) >= 11 is 0. The van der Waals surface area contributed by atoms with Gasteiger partial charge < -0.3 is 10.2 Å². The Hall–Kier alpha value is -1.94. The lowest BCUT2D eigenvalue weighted by molar-refractivity contribution is 0.588. The number of hydrogen-bond acceptors (Lipinski definition) is 4. The van der Waals surface area contributed by atoms with E-state index in [1.54, 1.807) is 0 Å². The van der Waals surface area contributed by atoms with Gasteiger partial charge in [-0.05, 0) is 25.3 Å². The molecule has 1 saturated carbocycles. The molecule has 2 heterocycles. The SMILES string of the molecule is Cc1ccccc1-c1nc(C2CC2)ncc1N1CCNCC1. The highest BCUT2D eigenvalue weighted by molar-refractivity contribution is 5.76. The molecule has 2 aliphatic rings. The van der Waals surface area contributed by atoms with Crippen molar-refractivity contribution in [1.82, 2.24) is 15.3 Å². The van der Waals surface area contributed by atoms with Crippen LogP contribution in [0.15, 0.2) is 30.5 Å². The standard InChI is InChI=1S/C18H22N4/c1-13-4-2-3-5-15(13)17-16(22-10-8-19-9-11-22)12-20-18(21-17)14-6-7-14/h2-5,12,14,19H,6-11H2,1H3. The molecule has 2 aromatic rings. The molecule has 1 aliphatic carbocycles. The summed E-state index contributed by atoms with van der Waals surface area (Å²) < 4.78 is 0. The zero-order valence-corrected chi connectivity index (χ0v) is 13.0. The summed E-state index contributed by atoms with van der Waals surface area (Å²) in [7, 11) is 0. The van der Waals surface area contributed by atoms with Crippen molar-refractivity contribution in [3.05, 3.63) is 41.9 Å². The highest BCUT2D eigenvalue weighted by Crippen LogP contribution is 2.40. The summed E-state index contributed by atoms with van der Waals surface area (Å²) in [5.74, 6) is 1.61. The van der Waals surface area contributed by atoms with Crippen molar-refractivity contribution in [3.8, 4) is 11.3 Å². The Morgan fingerprint density at radius 1 is 1.14 bits per heavy atom. The summed E-state index contributed by atoms with van der Waals surface area (Å²) in [6.45, 7) is 6.25. The molecule has 0 atom stereocenters. The van der Waals surface area contributed by atoms with Gasteiger partial charge in [0.15, 0.2) is 0 Å². The molecule has 1 saturated heterocycles. The van der Waals surface area contributed by atoms with Crippen LogP contribution in [0.5, 0.6) is 0 Å². The highest BCUT2D eigenvalue weighted by Gasteiger charge is 2.28. The van der Waals surface area contributed by atoms with Crippen molar-refractivity contribution in [2.24, 2.45) is 0 Å². The summed E-state index contributed by atoms with van der Waals surface area (Å²) in [6.07, 6.45) is 4.52. The van der Waals surface area contributed by atoms with Gasteiger partial charge in [0.25, 0.3) is 0 Å². The predicted molar refractivity (Wildman–Crippen MR) is 89.3 cm³/mol. The fourth-order valence-electron chi connectivity index (χ4n) is 3.10. The minimum Gasteiger partial charge on any atom is -0.366 e. The minimum absolute atomic E-state index is 0.583. The Morgan fingerprint density at radius 3 is 2.64 bits per heavy atom. The number of nitrogens with one attached hydrogen (secondary N) is 1. The molecule has 4 nitrogen and oxygen atoms in total. The lowest BCUT2D eigenvalue weighted by Gasteiger charge is -2.30. The van der Waals surface area contributed by atoms with Crippen molar-refractivity contribution in [1.29, 1.82) is 0 Å². The largest absolute Gasteiger partial charge is 0.366 e. The van der Waals surface area contributed by atoms with Gasteiger partial charge in [-0.2, -0.15) is 0 Å². The van der Waals surface area contributed by atoms with Gasteiger partial charge in [0, 0.05) is 37.7 Å². The fraction of sp³-hybridized carbons (Fsp3) is 0.444. The number of piperazine rings is 1. The average Bonchev–Trinajstić information content (AvgIpc) is 3.41. The number of nitrogens with zero attached hydrogens (tertiary/aromatic N) is 3. The molecule has 0 unspecified atom stereocenters. The van der Waals surface area contributed by atoms with Crippen molar-refractivity contribution in [2.45, 2.75) is 25.7 Å². The number of aryl methyl sites for hydroxylation is 1. The van der Waals surface area contributed by atoms with Crippen molar-refractivity contribution in [2.75, 3.05) is 31.1 Å². The van der Waals surface area contributed by atoms with Crippen LogP contribution >= 0.6 is 0 Å². The minimum atomic E-state index is 0.583. The lowest BCUT2D eigenvalue weighted by Crippen LogP contribution is -2.43. The number of aromatic nitrogens is 2. The van der Waals surface area contributed by atoms with E-state index in [0.717, 1.165) is 37.7 Å². The van der Waals surface area contributed by atoms with Crippen LogP contribution < -0.4 is 10.2 Å². The smallest absolute Gasteiger partial charge is 0.132 e. The molecular formula is C18H22N4. The molecule has 1 aliphatic heterocycles. The van der Waals surface area contributed by atoms with Crippen LogP contribution in [0.1, 0.15) is 30.1 Å². The normalized spacial score (nSPS) is 18.5. The maximum absolute atomic E-state index is 4.97. The second kappa shape index (κ2) is 5.69. The topological polar surface area (TPSA) is 41.1 Å². The van der Waals surface area contributed by atoms with Crippen LogP contribution in [0.2, 0.25) is 0 Å². The Labute approximate surface area is 131 Å². The second-order valence-electron chi connectivity index (χ2n) is 6.29. The fourth-order valence-corrected chi connectivity index (χ4v) is 3.10. The van der Waals surface area contributed by atoms with Gasteiger partial charge in [0.1, 0.15) is 5.82 Å². The quantitative estimate of drug-likeness (QED) is 0.945. The summed E-state index contributed by atoms with van der Waals surface area (Å²) in [5, 5.41) is 3.41. The monoisotopic (exact) mass is 294 g/mol. The van der Waals surface area contributed by atoms with E-state index < -0.39 is 0 Å². The van der Waals surface area contributed by atoms with E-state index >= 15 is 0 Å². The van der Waals surface area contributed by atoms with Crippen LogP contribution in [-0.4, -0.2) is 36.1 Å². The van der Waals surface area contributed by atoms with Gasteiger partial charge in [-0.25, -0.2) is 9.97 Å². The number of rotatable bonds is 3. The van der Waals surface area contributed by atoms with Crippen LogP contribution in [-0.2, 0) is 0 Å². The van der Waals surface area contributed by atoms with E-state index in [9.17, 15) is 0 Å². The zero-order chi connectivity index (χ0) is 14.9. The van der Waals surface area contributed by atoms with Crippen LogP contribution in [0.25, 0.3) is 11.3 Å².